The molecule has 1 unspecified atom stereocenters. The Morgan fingerprint density at radius 3 is 1.72 bits per heavy atom. The quantitative estimate of drug-likeness (QED) is 0.00667. The number of anilines is 1. The molecule has 0 saturated carbocycles. The largest absolute Gasteiger partial charge is 2.00 e. The molecule has 644 valence electrons. The van der Waals surface area contributed by atoms with Crippen molar-refractivity contribution in [2.24, 2.45) is 57.1 Å². The minimum Gasteiger partial charge on any atom is -0.481 e. The summed E-state index contributed by atoms with van der Waals surface area (Å²) in [5, 5.41) is 47.9. The number of amides is 14. The zero-order chi connectivity index (χ0) is 85.9. The van der Waals surface area contributed by atoms with Crippen LogP contribution in [0.3, 0.4) is 0 Å². The Kier molecular flexibility index (Phi) is 42.1. The van der Waals surface area contributed by atoms with Gasteiger partial charge in [0.1, 0.15) is 66.5 Å². The third-order valence-corrected chi connectivity index (χ3v) is 20.7. The maximum Gasteiger partial charge on any atom is 2.00 e. The summed E-state index contributed by atoms with van der Waals surface area (Å²) in [6.45, 7) is 6.69. The molecule has 1 fully saturated rings. The first-order valence-electron chi connectivity index (χ1n) is 37.9. The number of aliphatic carboxylic acids is 1. The number of guanidine groups is 1. The number of hydrogen-bond donors (Lipinski definition) is 21. The third kappa shape index (κ3) is 31.6. The van der Waals surface area contributed by atoms with Gasteiger partial charge in [0.05, 0.1) is 25.5 Å². The summed E-state index contributed by atoms with van der Waals surface area (Å²) < 4.78 is 0. The standard InChI is InChI=1S/C70H107N22O17S2.C5H5.Fe/c1-8-35(3)56(87-60(100)42(71)18-14-24-77-70(75)76)68(108)85-48(29-53(72)94)64(104)83-49(30-54(73)95)65(105)88-57(36(4)9-2)69(109)91-32-39(50-33-92(90-89-50)40-15-10-11-16-40)28-52(91)67(107)84-47(27-38-31-78-43-19-13-12-17-41(38)43)63(103)86-51(34-93)66(106)82-45(20-21-55(96)97)61(101)79-37(5)59(99)81-46(23-26-111-7)62(102)80-44(58(74)98)22-25-110-6;1-2-4-5-3-1;/h10-13,15-17,19,31,33,35-37,39,42,44-49,51-52,56-57,78,89-90,93H,8-9,14,18,20-30,32,34,71H2,1-7H3,(H2,72,94)(H2,73,95)(H2,74,98)(H,79,101)(H,80,102)(H,81,99)(H,82,106)(H,83,104)(H,84,107)(H,85,108)(H,86,103)(H,87,100)(H,88,105)(H,96,97)(H4,75,76,77);1-5H;/q2*-1;+2/t35-,36-,37-,39?,42-,44-,45-,46-,47-,48-,49-,51-,52-,56-,57-;;/m0../s1. The Labute approximate surface area is 696 Å². The van der Waals surface area contributed by atoms with E-state index in [0.717, 1.165) is 0 Å². The number of H-pyrrole nitrogens is 1. The summed E-state index contributed by atoms with van der Waals surface area (Å²) in [6, 6.07) is 5.85. The van der Waals surface area contributed by atoms with Crippen LogP contribution >= 0.6 is 23.5 Å². The van der Waals surface area contributed by atoms with Gasteiger partial charge in [-0.1, -0.05) is 64.4 Å². The van der Waals surface area contributed by atoms with Gasteiger partial charge in [0.25, 0.3) is 0 Å². The van der Waals surface area contributed by atoms with Crippen molar-refractivity contribution < 1.29 is 99.2 Å². The topological polar surface area (TPSA) is 632 Å². The first-order chi connectivity index (χ1) is 55.1. The SMILES string of the molecule is CC[C@H](C)[C@H](NC(=O)[C@@H](N)CCCN=C(N)N)C(=O)N[C@@H](CC(N)=O)C(=O)N[C@@H](CC(N)=O)C(=O)N[C@H](C(=O)N1CC(C2=CN(c3cc[cH-]c3)NN2)C[C@H]1C(=O)N[C@@H](Cc1c[nH]c2ccccc12)C(=O)N[C@@H](CO)C(=O)N[C@@H](CCC(=O)O)C(=O)N[C@@H](C)C(=O)N[C@@H](CCSC)C(=O)N[C@@H](CCSC)C(N)=O)[C@@H](C)CC.[Fe+2].c1cc[cH-]c1. The van der Waals surface area contributed by atoms with E-state index in [1.165, 1.54) is 35.3 Å². The van der Waals surface area contributed by atoms with Gasteiger partial charge >= 0.3 is 23.0 Å². The van der Waals surface area contributed by atoms with Gasteiger partial charge in [0.15, 0.2) is 5.96 Å². The molecule has 2 aliphatic rings. The van der Waals surface area contributed by atoms with Crippen molar-refractivity contribution in [2.75, 3.05) is 48.7 Å². The molecule has 3 aromatic carbocycles. The van der Waals surface area contributed by atoms with Gasteiger partial charge in [-0.15, -0.1) is 0 Å². The minimum absolute atomic E-state index is 0. The van der Waals surface area contributed by atoms with Crippen molar-refractivity contribution in [1.29, 1.82) is 0 Å². The number of aromatic amines is 1. The van der Waals surface area contributed by atoms with E-state index in [1.807, 2.05) is 30.3 Å². The van der Waals surface area contributed by atoms with E-state index < -0.39 is 211 Å². The molecule has 0 aliphatic carbocycles. The normalized spacial score (nSPS) is 16.8. The van der Waals surface area contributed by atoms with E-state index in [9.17, 15) is 72.5 Å². The Morgan fingerprint density at radius 1 is 0.607 bits per heavy atom. The van der Waals surface area contributed by atoms with Crippen LogP contribution in [0.2, 0.25) is 0 Å². The number of primary amides is 3. The van der Waals surface area contributed by atoms with Crippen LogP contribution in [-0.2, 0) is 95.4 Å². The second-order valence-electron chi connectivity index (χ2n) is 28.2. The maximum atomic E-state index is 15.6. The molecule has 117 heavy (non-hydrogen) atoms. The molecule has 6 rings (SSSR count). The fraction of sp³-hybridized carbons (Fsp3) is 0.520. The number of rotatable bonds is 48. The number of carboxylic acids is 1. The van der Waals surface area contributed by atoms with Crippen LogP contribution < -0.4 is 104 Å². The molecule has 2 aliphatic heterocycles. The van der Waals surface area contributed by atoms with Gasteiger partial charge in [-0.05, 0) is 92.9 Å². The summed E-state index contributed by atoms with van der Waals surface area (Å²) in [5.41, 5.74) is 42.1. The minimum atomic E-state index is -1.92. The van der Waals surface area contributed by atoms with Gasteiger partial charge in [0, 0.05) is 60.8 Å². The van der Waals surface area contributed by atoms with Gasteiger partial charge in [-0.3, -0.25) is 76.9 Å². The molecule has 39 nitrogen and oxygen atoms in total. The molecule has 27 N–H and O–H groups in total. The number of carbonyl (C=O) groups excluding carboxylic acids is 14. The van der Waals surface area contributed by atoms with E-state index in [2.05, 4.69) is 74.1 Å². The number of nitrogens with two attached hydrogens (primary N) is 6. The van der Waals surface area contributed by atoms with E-state index >= 15 is 9.59 Å². The average molecular weight is 1710 g/mol. The summed E-state index contributed by atoms with van der Waals surface area (Å²) in [5.74, 6) is -16.7. The van der Waals surface area contributed by atoms with E-state index in [1.54, 1.807) is 106 Å². The number of benzene rings is 1. The first kappa shape index (κ1) is 98.6. The Hall–Kier alpha value is -10.8. The molecule has 4 aromatic rings. The number of hydrazine groups is 2. The van der Waals surface area contributed by atoms with E-state index in [-0.39, 0.29) is 74.6 Å². The second-order valence-corrected chi connectivity index (χ2v) is 30.1. The van der Waals surface area contributed by atoms with Crippen molar-refractivity contribution in [3.8, 4) is 0 Å². The van der Waals surface area contributed by atoms with Crippen molar-refractivity contribution in [1.82, 2.24) is 74.0 Å². The Morgan fingerprint density at radius 2 is 1.15 bits per heavy atom. The number of aliphatic hydroxyl groups excluding tert-OH is 1. The van der Waals surface area contributed by atoms with Crippen molar-refractivity contribution in [2.45, 2.75) is 184 Å². The zero-order valence-electron chi connectivity index (χ0n) is 66.3. The number of carbonyl (C=O) groups is 15. The van der Waals surface area contributed by atoms with Gasteiger partial charge in [-0.2, -0.15) is 71.5 Å². The van der Waals surface area contributed by atoms with Crippen LogP contribution in [0.4, 0.5) is 5.69 Å². The predicted octanol–water partition coefficient (Wildman–Crippen LogP) is -3.64. The summed E-state index contributed by atoms with van der Waals surface area (Å²) in [4.78, 5) is 216. The summed E-state index contributed by atoms with van der Waals surface area (Å²) in [6.07, 6.45) is 4.52. The molecule has 15 atom stereocenters. The second kappa shape index (κ2) is 50.0. The number of hydrogen-bond acceptors (Lipinski definition) is 23. The number of aromatic nitrogens is 1. The molecule has 14 amide bonds. The molecule has 42 heteroatoms. The van der Waals surface area contributed by atoms with Crippen molar-refractivity contribution in [3.05, 3.63) is 103 Å². The molecule has 3 heterocycles. The average Bonchev–Trinajstić information content (AvgIpc) is 1.64. The maximum absolute atomic E-state index is 15.6. The van der Waals surface area contributed by atoms with Crippen LogP contribution in [0.15, 0.2) is 102 Å². The van der Waals surface area contributed by atoms with E-state index in [0.29, 0.717) is 52.2 Å². The zero-order valence-corrected chi connectivity index (χ0v) is 69.1. The number of carboxylic acid groups (broad SMARTS) is 1. The predicted molar refractivity (Wildman–Crippen MR) is 435 cm³/mol. The molecular formula is C75H112FeN22O17S2. The number of aliphatic imine (C=N–C) groups is 1. The molecule has 0 radical (unpaired) electrons. The van der Waals surface area contributed by atoms with Crippen LogP contribution in [0, 0.1) is 17.8 Å². The van der Waals surface area contributed by atoms with Gasteiger partial charge < -0.3 is 118 Å². The van der Waals surface area contributed by atoms with E-state index in [4.69, 9.17) is 34.4 Å². The summed E-state index contributed by atoms with van der Waals surface area (Å²) >= 11 is 2.78. The fourth-order valence-electron chi connectivity index (χ4n) is 12.4. The van der Waals surface area contributed by atoms with Gasteiger partial charge in [-0.25, -0.2) is 12.1 Å². The van der Waals surface area contributed by atoms with Crippen LogP contribution in [0.25, 0.3) is 10.9 Å². The number of para-hydroxylation sites is 1. The van der Waals surface area contributed by atoms with Crippen LogP contribution in [-0.4, -0.2) is 231 Å². The van der Waals surface area contributed by atoms with Crippen LogP contribution in [0.1, 0.15) is 111 Å². The number of nitrogens with zero attached hydrogens (tertiary/aromatic N) is 3. The molecule has 1 aromatic heterocycles. The molecule has 0 spiro atoms. The number of likely N-dealkylation sites (tertiary alicyclic amines) is 1. The Bertz CT molecular complexity index is 4040. The van der Waals surface area contributed by atoms with Crippen LogP contribution in [0.5, 0.6) is 0 Å². The number of nitrogens with one attached hydrogen (secondary N) is 13. The molecule has 0 bridgehead atoms. The third-order valence-electron chi connectivity index (χ3n) is 19.4. The monoisotopic (exact) mass is 1710 g/mol. The fourth-order valence-corrected chi connectivity index (χ4v) is 13.3. The number of thioether (sulfide) groups is 2. The smallest absolute Gasteiger partial charge is 0.481 e. The summed E-state index contributed by atoms with van der Waals surface area (Å²) in [7, 11) is 0. The Balaban J connectivity index is 0.00000461. The van der Waals surface area contributed by atoms with Crippen molar-refractivity contribution in [3.63, 3.8) is 0 Å². The number of fused-ring (bicyclic) bond motifs is 1. The van der Waals surface area contributed by atoms with Gasteiger partial charge in [0.2, 0.25) is 82.7 Å². The first-order valence-corrected chi connectivity index (χ1v) is 40.7. The van der Waals surface area contributed by atoms with Crippen molar-refractivity contribution >= 4 is 135 Å². The molecule has 1 saturated heterocycles. The molecular weight excluding hydrogens is 1600 g/mol. The number of aliphatic hydroxyl groups is 1.